The molecule has 11 heteroatoms. The smallest absolute Gasteiger partial charge is 0.481 e. The van der Waals surface area contributed by atoms with Gasteiger partial charge in [0.2, 0.25) is 0 Å². The van der Waals surface area contributed by atoms with E-state index in [-0.39, 0.29) is 134 Å². The van der Waals surface area contributed by atoms with Gasteiger partial charge in [0, 0.05) is 29.1 Å². The van der Waals surface area contributed by atoms with Crippen LogP contribution < -0.4 is 51.4 Å². The van der Waals surface area contributed by atoms with Crippen LogP contribution in [0.3, 0.4) is 0 Å². The molecule has 4 fully saturated rings. The number of fused-ring (bicyclic) bond motifs is 3. The normalized spacial score (nSPS) is 45.3. The fourth-order valence-corrected chi connectivity index (χ4v) is 8.98. The Labute approximate surface area is 277 Å². The van der Waals surface area contributed by atoms with E-state index in [1.165, 1.54) is 7.11 Å². The van der Waals surface area contributed by atoms with Gasteiger partial charge >= 0.3 is 63.3 Å². The minimum atomic E-state index is -1.11. The third kappa shape index (κ3) is 4.20. The van der Waals surface area contributed by atoms with Crippen LogP contribution in [-0.4, -0.2) is 52.4 Å². The van der Waals surface area contributed by atoms with Crippen molar-refractivity contribution in [2.24, 2.45) is 28.1 Å². The van der Waals surface area contributed by atoms with Crippen molar-refractivity contribution in [1.29, 1.82) is 0 Å². The van der Waals surface area contributed by atoms with E-state index in [0.29, 0.717) is 38.5 Å². The zero-order valence-corrected chi connectivity index (χ0v) is 28.0. The van der Waals surface area contributed by atoms with E-state index in [1.807, 2.05) is 0 Å². The first-order valence-electron chi connectivity index (χ1n) is 11.8. The number of hydrogen-bond donors (Lipinski definition) is 2. The maximum atomic E-state index is 13.2. The number of carbonyl (C=O) groups is 3. The molecular formula is C25H40KO7S3+. The molecule has 200 valence electrons. The standard InChI is InChI=1S/C25H34O7.K.3H2S/c1-21-8-5-15(26)11-14(21)12-16(20(29)31-4)23(3)17-6-9-24(30,10-7-19(27)28)22(17,2)13-18-25(21,23)32-18;;;;/h11,16-18,30H,5-10,12-13H2,1-4H3,(H,27,28);;3*1H2/q;+1;;;/t16-,17+,18+,21-,22-,23-,24+,25?;;;;/m0..../s1. The number of hydrogen-bond acceptors (Lipinski definition) is 6. The number of epoxide rings is 1. The average molecular weight is 588 g/mol. The maximum Gasteiger partial charge on any atom is 1.00 e. The number of aliphatic carboxylic acids is 1. The minimum absolute atomic E-state index is 0. The van der Waals surface area contributed by atoms with Crippen LogP contribution >= 0.6 is 40.5 Å². The van der Waals surface area contributed by atoms with Gasteiger partial charge < -0.3 is 19.7 Å². The fourth-order valence-electron chi connectivity index (χ4n) is 8.98. The molecule has 0 aromatic carbocycles. The third-order valence-corrected chi connectivity index (χ3v) is 10.7. The number of rotatable bonds is 4. The van der Waals surface area contributed by atoms with Crippen molar-refractivity contribution in [3.8, 4) is 0 Å². The molecule has 0 aromatic heterocycles. The Morgan fingerprint density at radius 3 is 2.39 bits per heavy atom. The summed E-state index contributed by atoms with van der Waals surface area (Å²) < 4.78 is 11.9. The van der Waals surface area contributed by atoms with E-state index in [2.05, 4.69) is 20.8 Å². The number of carboxylic acids is 1. The van der Waals surface area contributed by atoms with Crippen molar-refractivity contribution < 1.29 is 85.5 Å². The van der Waals surface area contributed by atoms with Gasteiger partial charge in [-0.15, -0.1) is 0 Å². The third-order valence-electron chi connectivity index (χ3n) is 10.7. The number of carboxylic acid groups (broad SMARTS) is 1. The topological polar surface area (TPSA) is 113 Å². The molecule has 5 rings (SSSR count). The average Bonchev–Trinajstić information content (AvgIpc) is 3.40. The number of esters is 1. The van der Waals surface area contributed by atoms with Crippen molar-refractivity contribution in [3.63, 3.8) is 0 Å². The first-order valence-corrected chi connectivity index (χ1v) is 11.8. The molecule has 1 saturated heterocycles. The molecule has 0 bridgehead atoms. The number of ether oxygens (including phenoxy) is 2. The Morgan fingerprint density at radius 1 is 1.17 bits per heavy atom. The van der Waals surface area contributed by atoms with E-state index < -0.39 is 33.9 Å². The molecular weight excluding hydrogens is 548 g/mol. The summed E-state index contributed by atoms with van der Waals surface area (Å²) in [4.78, 5) is 36.8. The molecule has 8 atom stereocenters. The summed E-state index contributed by atoms with van der Waals surface area (Å²) in [7, 11) is 1.40. The first-order chi connectivity index (χ1) is 14.9. The molecule has 7 nitrogen and oxygen atoms in total. The van der Waals surface area contributed by atoms with Crippen LogP contribution in [0.15, 0.2) is 11.6 Å². The van der Waals surface area contributed by atoms with Crippen LogP contribution in [0, 0.1) is 28.1 Å². The molecule has 2 N–H and O–H groups in total. The molecule has 4 aliphatic carbocycles. The summed E-state index contributed by atoms with van der Waals surface area (Å²) in [6.45, 7) is 6.39. The molecule has 1 spiro atoms. The summed E-state index contributed by atoms with van der Waals surface area (Å²) in [6.07, 6.45) is 5.21. The first kappa shape index (κ1) is 35.0. The van der Waals surface area contributed by atoms with Gasteiger partial charge in [0.1, 0.15) is 5.60 Å². The maximum absolute atomic E-state index is 13.2. The molecule has 0 radical (unpaired) electrons. The van der Waals surface area contributed by atoms with Crippen LogP contribution in [-0.2, 0) is 23.9 Å². The van der Waals surface area contributed by atoms with Crippen LogP contribution in [0.25, 0.3) is 0 Å². The van der Waals surface area contributed by atoms with Gasteiger partial charge in [-0.1, -0.05) is 26.3 Å². The van der Waals surface area contributed by atoms with Crippen molar-refractivity contribution in [2.45, 2.75) is 89.4 Å². The van der Waals surface area contributed by atoms with Crippen LogP contribution in [0.4, 0.5) is 0 Å². The zero-order valence-electron chi connectivity index (χ0n) is 21.9. The van der Waals surface area contributed by atoms with E-state index in [0.717, 1.165) is 5.57 Å². The van der Waals surface area contributed by atoms with Crippen molar-refractivity contribution in [2.75, 3.05) is 7.11 Å². The van der Waals surface area contributed by atoms with E-state index in [4.69, 9.17) is 9.47 Å². The predicted octanol–water partition coefficient (Wildman–Crippen LogP) is 0.377. The SMILES string of the molecule is COC(=O)[C@@H]1CC2=CC(=O)CC[C@]2(C)C23O[C@@H]2C[C@@]2(C)[C@@H](CC[C@@]2(O)CCC(=O)O)[C@]13C.S.S.S.[K+]. The van der Waals surface area contributed by atoms with E-state index in [1.54, 1.807) is 6.08 Å². The largest absolute Gasteiger partial charge is 1.00 e. The second-order valence-corrected chi connectivity index (χ2v) is 11.5. The Morgan fingerprint density at radius 2 is 1.81 bits per heavy atom. The Bertz CT molecular complexity index is 962. The molecule has 1 aliphatic heterocycles. The van der Waals surface area contributed by atoms with E-state index >= 15 is 0 Å². The van der Waals surface area contributed by atoms with Gasteiger partial charge in [-0.2, -0.15) is 40.5 Å². The monoisotopic (exact) mass is 587 g/mol. The second-order valence-electron chi connectivity index (χ2n) is 11.5. The van der Waals surface area contributed by atoms with Gasteiger partial charge in [0.25, 0.3) is 0 Å². The molecule has 1 unspecified atom stereocenters. The predicted molar refractivity (Wildman–Crippen MR) is 145 cm³/mol. The molecule has 0 aromatic rings. The fraction of sp³-hybridized carbons (Fsp3) is 0.800. The Hall–Kier alpha value is 0.956. The van der Waals surface area contributed by atoms with Gasteiger partial charge in [-0.05, 0) is 50.5 Å². The number of carbonyl (C=O) groups excluding carboxylic acids is 2. The summed E-state index contributed by atoms with van der Waals surface area (Å²) >= 11 is 0. The number of ketones is 1. The number of methoxy groups -OCH3 is 1. The molecule has 1 heterocycles. The summed E-state index contributed by atoms with van der Waals surface area (Å²) in [6, 6.07) is 0. The van der Waals surface area contributed by atoms with Crippen molar-refractivity contribution >= 4 is 58.2 Å². The molecule has 36 heavy (non-hydrogen) atoms. The van der Waals surface area contributed by atoms with Crippen molar-refractivity contribution in [1.82, 2.24) is 0 Å². The van der Waals surface area contributed by atoms with Gasteiger partial charge in [-0.3, -0.25) is 14.4 Å². The quantitative estimate of drug-likeness (QED) is 0.278. The van der Waals surface area contributed by atoms with Crippen LogP contribution in [0.1, 0.15) is 72.1 Å². The van der Waals surface area contributed by atoms with Gasteiger partial charge in [0.05, 0.1) is 24.7 Å². The summed E-state index contributed by atoms with van der Waals surface area (Å²) in [5.74, 6) is -1.61. The Kier molecular flexibility index (Phi) is 10.8. The molecule has 5 aliphatic rings. The summed E-state index contributed by atoms with van der Waals surface area (Å²) in [5, 5.41) is 21.0. The van der Waals surface area contributed by atoms with Crippen LogP contribution in [0.5, 0.6) is 0 Å². The van der Waals surface area contributed by atoms with Crippen LogP contribution in [0.2, 0.25) is 0 Å². The Balaban J connectivity index is 0.00000162. The second kappa shape index (κ2) is 11.1. The number of aliphatic hydroxyl groups is 1. The van der Waals surface area contributed by atoms with Gasteiger partial charge in [-0.25, -0.2) is 0 Å². The summed E-state index contributed by atoms with van der Waals surface area (Å²) in [5.41, 5.74) is -2.18. The van der Waals surface area contributed by atoms with Crippen molar-refractivity contribution in [3.05, 3.63) is 11.6 Å². The minimum Gasteiger partial charge on any atom is -0.481 e. The zero-order chi connectivity index (χ0) is 23.3. The molecule has 3 saturated carbocycles. The molecule has 0 amide bonds. The van der Waals surface area contributed by atoms with Gasteiger partial charge in [0.15, 0.2) is 5.78 Å². The van der Waals surface area contributed by atoms with E-state index in [9.17, 15) is 24.6 Å².